The molecule has 0 aromatic rings. The van der Waals surface area contributed by atoms with Crippen LogP contribution in [-0.4, -0.2) is 30.0 Å². The lowest BCUT2D eigenvalue weighted by Crippen LogP contribution is -2.35. The zero-order valence-electron chi connectivity index (χ0n) is 8.27. The van der Waals surface area contributed by atoms with Crippen molar-refractivity contribution < 1.29 is 8.78 Å². The highest BCUT2D eigenvalue weighted by Crippen LogP contribution is 2.51. The summed E-state index contributed by atoms with van der Waals surface area (Å²) in [5, 5.41) is 3.30. The van der Waals surface area contributed by atoms with E-state index in [9.17, 15) is 8.78 Å². The predicted molar refractivity (Wildman–Crippen MR) is 56.0 cm³/mol. The van der Waals surface area contributed by atoms with Crippen LogP contribution in [0.25, 0.3) is 0 Å². The van der Waals surface area contributed by atoms with Crippen LogP contribution in [0.4, 0.5) is 8.78 Å². The average Bonchev–Trinajstić information content (AvgIpc) is 2.39. The molecular weight excluding hydrogens is 204 g/mol. The Morgan fingerprint density at radius 2 is 2.14 bits per heavy atom. The van der Waals surface area contributed by atoms with Gasteiger partial charge in [0.1, 0.15) is 0 Å². The SMILES string of the molecule is FC(F)[C@@H]1CCS[C@]12CCCNCC2. The molecule has 2 aliphatic heterocycles. The van der Waals surface area contributed by atoms with E-state index in [0.29, 0.717) is 6.42 Å². The van der Waals surface area contributed by atoms with Gasteiger partial charge in [0.05, 0.1) is 0 Å². The van der Waals surface area contributed by atoms with Gasteiger partial charge in [-0.3, -0.25) is 0 Å². The summed E-state index contributed by atoms with van der Waals surface area (Å²) in [6.07, 6.45) is 1.54. The second-order valence-corrected chi connectivity index (χ2v) is 5.76. The largest absolute Gasteiger partial charge is 0.317 e. The second-order valence-electron chi connectivity index (χ2n) is 4.25. The molecule has 0 saturated carbocycles. The molecule has 2 heterocycles. The summed E-state index contributed by atoms with van der Waals surface area (Å²) in [4.78, 5) is 0. The minimum Gasteiger partial charge on any atom is -0.317 e. The zero-order chi connectivity index (χ0) is 10.0. The Labute approximate surface area is 88.0 Å². The number of hydrogen-bond acceptors (Lipinski definition) is 2. The van der Waals surface area contributed by atoms with Gasteiger partial charge in [0.2, 0.25) is 6.43 Å². The minimum absolute atomic E-state index is 0.0995. The quantitative estimate of drug-likeness (QED) is 0.730. The molecule has 0 aliphatic carbocycles. The Bertz CT molecular complexity index is 191. The number of alkyl halides is 2. The Morgan fingerprint density at radius 3 is 2.93 bits per heavy atom. The fourth-order valence-corrected chi connectivity index (χ4v) is 4.44. The smallest absolute Gasteiger partial charge is 0.242 e. The molecule has 0 aromatic heterocycles. The van der Waals surface area contributed by atoms with Crippen LogP contribution in [0.5, 0.6) is 0 Å². The number of rotatable bonds is 1. The van der Waals surface area contributed by atoms with E-state index in [0.717, 1.165) is 38.1 Å². The van der Waals surface area contributed by atoms with Crippen molar-refractivity contribution in [1.82, 2.24) is 5.32 Å². The van der Waals surface area contributed by atoms with Crippen LogP contribution in [0.15, 0.2) is 0 Å². The topological polar surface area (TPSA) is 12.0 Å². The van der Waals surface area contributed by atoms with Crippen molar-refractivity contribution >= 4 is 11.8 Å². The monoisotopic (exact) mass is 221 g/mol. The Balaban J connectivity index is 2.10. The fraction of sp³-hybridized carbons (Fsp3) is 1.00. The van der Waals surface area contributed by atoms with Gasteiger partial charge in [0, 0.05) is 10.7 Å². The molecule has 0 aromatic carbocycles. The van der Waals surface area contributed by atoms with Crippen molar-refractivity contribution in [2.75, 3.05) is 18.8 Å². The summed E-state index contributed by atoms with van der Waals surface area (Å²) in [6, 6.07) is 0. The standard InChI is InChI=1S/C10H17F2NS/c11-9(12)8-2-7-14-10(8)3-1-5-13-6-4-10/h8-9,13H,1-7H2/t8-,10-/m0/s1. The first-order chi connectivity index (χ1) is 6.75. The van der Waals surface area contributed by atoms with Crippen molar-refractivity contribution in [2.24, 2.45) is 5.92 Å². The van der Waals surface area contributed by atoms with Gasteiger partial charge in [-0.15, -0.1) is 0 Å². The predicted octanol–water partition coefficient (Wildman–Crippen LogP) is 2.52. The number of hydrogen-bond donors (Lipinski definition) is 1. The molecule has 0 bridgehead atoms. The molecule has 1 N–H and O–H groups in total. The van der Waals surface area contributed by atoms with Crippen molar-refractivity contribution in [3.05, 3.63) is 0 Å². The third-order valence-electron chi connectivity index (χ3n) is 3.48. The van der Waals surface area contributed by atoms with E-state index in [1.54, 1.807) is 11.8 Å². The van der Waals surface area contributed by atoms with Gasteiger partial charge >= 0.3 is 0 Å². The Hall–Kier alpha value is 0.170. The van der Waals surface area contributed by atoms with E-state index in [2.05, 4.69) is 5.32 Å². The summed E-state index contributed by atoms with van der Waals surface area (Å²) in [7, 11) is 0. The molecule has 2 atom stereocenters. The molecule has 2 saturated heterocycles. The summed E-state index contributed by atoms with van der Waals surface area (Å²) in [5.74, 6) is 0.571. The zero-order valence-corrected chi connectivity index (χ0v) is 9.09. The third-order valence-corrected chi connectivity index (χ3v) is 5.20. The van der Waals surface area contributed by atoms with Crippen LogP contribution in [0.2, 0.25) is 0 Å². The highest BCUT2D eigenvalue weighted by Gasteiger charge is 2.47. The van der Waals surface area contributed by atoms with E-state index in [4.69, 9.17) is 0 Å². The molecular formula is C10H17F2NS. The van der Waals surface area contributed by atoms with Gasteiger partial charge in [-0.2, -0.15) is 11.8 Å². The summed E-state index contributed by atoms with van der Waals surface area (Å²) >= 11 is 1.80. The van der Waals surface area contributed by atoms with Crippen LogP contribution in [0.3, 0.4) is 0 Å². The first-order valence-corrected chi connectivity index (χ1v) is 6.36. The molecule has 2 aliphatic rings. The van der Waals surface area contributed by atoms with Crippen molar-refractivity contribution in [3.8, 4) is 0 Å². The van der Waals surface area contributed by atoms with Gasteiger partial charge in [-0.05, 0) is 44.5 Å². The molecule has 1 spiro atoms. The normalized spacial score (nSPS) is 39.2. The van der Waals surface area contributed by atoms with Gasteiger partial charge in [0.15, 0.2) is 0 Å². The van der Waals surface area contributed by atoms with Crippen LogP contribution in [-0.2, 0) is 0 Å². The van der Waals surface area contributed by atoms with Crippen LogP contribution in [0, 0.1) is 5.92 Å². The van der Waals surface area contributed by atoms with Gasteiger partial charge in [-0.25, -0.2) is 8.78 Å². The molecule has 14 heavy (non-hydrogen) atoms. The average molecular weight is 221 g/mol. The van der Waals surface area contributed by atoms with Gasteiger partial charge in [0.25, 0.3) is 0 Å². The molecule has 4 heteroatoms. The first kappa shape index (κ1) is 10.7. The highest BCUT2D eigenvalue weighted by molar-refractivity contribution is 8.00. The van der Waals surface area contributed by atoms with Gasteiger partial charge in [-0.1, -0.05) is 0 Å². The Kier molecular flexibility index (Phi) is 3.32. The first-order valence-electron chi connectivity index (χ1n) is 5.37. The van der Waals surface area contributed by atoms with Crippen molar-refractivity contribution in [3.63, 3.8) is 0 Å². The second kappa shape index (κ2) is 4.35. The van der Waals surface area contributed by atoms with E-state index >= 15 is 0 Å². The fourth-order valence-electron chi connectivity index (χ4n) is 2.69. The van der Waals surface area contributed by atoms with Crippen LogP contribution < -0.4 is 5.32 Å². The number of nitrogens with one attached hydrogen (secondary N) is 1. The number of halogens is 2. The Morgan fingerprint density at radius 1 is 1.29 bits per heavy atom. The maximum Gasteiger partial charge on any atom is 0.242 e. The van der Waals surface area contributed by atoms with E-state index in [1.165, 1.54) is 0 Å². The molecule has 0 unspecified atom stereocenters. The van der Waals surface area contributed by atoms with Crippen LogP contribution >= 0.6 is 11.8 Å². The number of thioether (sulfide) groups is 1. The maximum absolute atomic E-state index is 12.9. The third kappa shape index (κ3) is 1.91. The highest BCUT2D eigenvalue weighted by atomic mass is 32.2. The molecule has 2 rings (SSSR count). The van der Waals surface area contributed by atoms with E-state index in [1.807, 2.05) is 0 Å². The molecule has 82 valence electrons. The molecule has 0 radical (unpaired) electrons. The summed E-state index contributed by atoms with van der Waals surface area (Å²) in [6.45, 7) is 1.91. The van der Waals surface area contributed by atoms with Gasteiger partial charge < -0.3 is 5.32 Å². The summed E-state index contributed by atoms with van der Waals surface area (Å²) in [5.41, 5.74) is 0. The molecule has 1 nitrogen and oxygen atoms in total. The van der Waals surface area contributed by atoms with Crippen molar-refractivity contribution in [2.45, 2.75) is 36.9 Å². The van der Waals surface area contributed by atoms with Crippen molar-refractivity contribution in [1.29, 1.82) is 0 Å². The van der Waals surface area contributed by atoms with E-state index < -0.39 is 6.43 Å². The lowest BCUT2D eigenvalue weighted by Gasteiger charge is -2.33. The lowest BCUT2D eigenvalue weighted by atomic mass is 9.84. The lowest BCUT2D eigenvalue weighted by molar-refractivity contribution is 0.0543. The molecule has 0 amide bonds. The maximum atomic E-state index is 12.9. The van der Waals surface area contributed by atoms with Crippen LogP contribution in [0.1, 0.15) is 25.7 Å². The minimum atomic E-state index is -2.12. The summed E-state index contributed by atoms with van der Waals surface area (Å²) < 4.78 is 25.6. The molecule has 2 fully saturated rings. The van der Waals surface area contributed by atoms with E-state index in [-0.39, 0.29) is 10.7 Å².